The first-order chi connectivity index (χ1) is 11.1. The average Bonchev–Trinajstić information content (AvgIpc) is 3.01. The van der Waals surface area contributed by atoms with E-state index in [1.807, 2.05) is 0 Å². The number of hydrogen-bond donors (Lipinski definition) is 0. The third-order valence-corrected chi connectivity index (χ3v) is 5.44. The minimum Gasteiger partial charge on any atom is -0.379 e. The van der Waals surface area contributed by atoms with E-state index in [4.69, 9.17) is 4.74 Å². The van der Waals surface area contributed by atoms with Crippen molar-refractivity contribution in [2.24, 2.45) is 0 Å². The van der Waals surface area contributed by atoms with Crippen molar-refractivity contribution < 1.29 is 13.2 Å². The minimum atomic E-state index is -3.38. The van der Waals surface area contributed by atoms with Gasteiger partial charge >= 0.3 is 0 Å². The second-order valence-corrected chi connectivity index (χ2v) is 7.49. The lowest BCUT2D eigenvalue weighted by Crippen LogP contribution is -2.38. The molecule has 1 aromatic heterocycles. The number of hydrogen-bond acceptors (Lipinski definition) is 6. The van der Waals surface area contributed by atoms with Gasteiger partial charge in [0, 0.05) is 25.8 Å². The normalized spacial score (nSPS) is 16.5. The minimum absolute atomic E-state index is 0.130. The van der Waals surface area contributed by atoms with Crippen LogP contribution in [0.15, 0.2) is 41.4 Å². The van der Waals surface area contributed by atoms with E-state index in [1.54, 1.807) is 41.2 Å². The molecule has 0 saturated carbocycles. The summed E-state index contributed by atoms with van der Waals surface area (Å²) in [6.45, 7) is 4.92. The van der Waals surface area contributed by atoms with E-state index < -0.39 is 9.84 Å². The maximum Gasteiger partial charge on any atom is 0.184 e. The van der Waals surface area contributed by atoms with Gasteiger partial charge < -0.3 is 4.74 Å². The summed E-state index contributed by atoms with van der Waals surface area (Å²) >= 11 is 0. The largest absolute Gasteiger partial charge is 0.379 e. The fourth-order valence-corrected chi connectivity index (χ4v) is 3.75. The van der Waals surface area contributed by atoms with E-state index in [1.165, 1.54) is 0 Å². The molecule has 7 nitrogen and oxygen atoms in total. The van der Waals surface area contributed by atoms with Gasteiger partial charge in [0.1, 0.15) is 5.75 Å². The van der Waals surface area contributed by atoms with Gasteiger partial charge in [-0.3, -0.25) is 9.58 Å². The van der Waals surface area contributed by atoms with Crippen LogP contribution in [0.3, 0.4) is 0 Å². The zero-order valence-electron chi connectivity index (χ0n) is 12.8. The van der Waals surface area contributed by atoms with Gasteiger partial charge in [0.2, 0.25) is 0 Å². The molecular formula is C15H20N4O3S. The van der Waals surface area contributed by atoms with Crippen LogP contribution in [-0.4, -0.2) is 61.2 Å². The molecule has 0 amide bonds. The summed E-state index contributed by atoms with van der Waals surface area (Å²) in [6.07, 6.45) is 1.71. The van der Waals surface area contributed by atoms with E-state index in [0.717, 1.165) is 32.8 Å². The van der Waals surface area contributed by atoms with E-state index in [2.05, 4.69) is 15.2 Å². The Hall–Kier alpha value is -1.77. The zero-order chi connectivity index (χ0) is 16.1. The maximum atomic E-state index is 12.3. The molecule has 0 spiro atoms. The molecular weight excluding hydrogens is 316 g/mol. The number of nitrogens with zero attached hydrogens (tertiary/aromatic N) is 4. The fraction of sp³-hybridized carbons (Fsp3) is 0.467. The first-order valence-corrected chi connectivity index (χ1v) is 9.26. The lowest BCUT2D eigenvalue weighted by molar-refractivity contribution is 0.0359. The van der Waals surface area contributed by atoms with Crippen molar-refractivity contribution in [2.45, 2.75) is 17.2 Å². The van der Waals surface area contributed by atoms with Gasteiger partial charge in [-0.05, 0) is 12.1 Å². The summed E-state index contributed by atoms with van der Waals surface area (Å²) in [5, 5.41) is 8.00. The molecule has 0 bridgehead atoms. The third-order valence-electron chi connectivity index (χ3n) is 3.78. The zero-order valence-corrected chi connectivity index (χ0v) is 13.7. The van der Waals surface area contributed by atoms with Crippen LogP contribution in [0.5, 0.6) is 0 Å². The number of ether oxygens (including phenoxy) is 1. The van der Waals surface area contributed by atoms with Gasteiger partial charge in [0.25, 0.3) is 0 Å². The van der Waals surface area contributed by atoms with Crippen molar-refractivity contribution in [1.82, 2.24) is 19.9 Å². The summed E-state index contributed by atoms with van der Waals surface area (Å²) in [5.41, 5.74) is 0.468. The highest BCUT2D eigenvalue weighted by Crippen LogP contribution is 2.14. The van der Waals surface area contributed by atoms with Crippen LogP contribution >= 0.6 is 0 Å². The Morgan fingerprint density at radius 3 is 2.57 bits per heavy atom. The molecule has 0 atom stereocenters. The highest BCUT2D eigenvalue weighted by Gasteiger charge is 2.17. The Balaban J connectivity index is 1.58. The number of morpholine rings is 1. The Labute approximate surface area is 135 Å². The monoisotopic (exact) mass is 336 g/mol. The number of aromatic nitrogens is 3. The number of rotatable bonds is 6. The number of benzene rings is 1. The first kappa shape index (κ1) is 16.1. The Morgan fingerprint density at radius 2 is 1.83 bits per heavy atom. The van der Waals surface area contributed by atoms with Gasteiger partial charge in [-0.15, -0.1) is 5.10 Å². The fourth-order valence-electron chi connectivity index (χ4n) is 2.49. The molecule has 2 aromatic rings. The summed E-state index contributed by atoms with van der Waals surface area (Å²) in [4.78, 5) is 2.61. The van der Waals surface area contributed by atoms with Crippen LogP contribution in [0.4, 0.5) is 0 Å². The molecule has 0 N–H and O–H groups in total. The van der Waals surface area contributed by atoms with Crippen molar-refractivity contribution in [3.63, 3.8) is 0 Å². The van der Waals surface area contributed by atoms with Crippen LogP contribution in [0, 0.1) is 0 Å². The topological polar surface area (TPSA) is 77.3 Å². The van der Waals surface area contributed by atoms with Crippen molar-refractivity contribution >= 4 is 9.84 Å². The molecule has 0 unspecified atom stereocenters. The molecule has 1 aliphatic rings. The summed E-state index contributed by atoms with van der Waals surface area (Å²) in [6, 6.07) is 8.41. The molecule has 0 radical (unpaired) electrons. The first-order valence-electron chi connectivity index (χ1n) is 7.60. The second-order valence-electron chi connectivity index (χ2n) is 5.50. The SMILES string of the molecule is O=S(=O)(Cc1cn(CCN2CCOCC2)nn1)c1ccccc1. The molecule has 1 aliphatic heterocycles. The molecule has 124 valence electrons. The number of sulfone groups is 1. The van der Waals surface area contributed by atoms with Crippen LogP contribution in [0.2, 0.25) is 0 Å². The quantitative estimate of drug-likeness (QED) is 0.768. The standard InChI is InChI=1S/C15H20N4O3S/c20-23(21,15-4-2-1-3-5-15)13-14-12-19(17-16-14)7-6-18-8-10-22-11-9-18/h1-5,12H,6-11,13H2. The Bertz CT molecular complexity index is 724. The van der Waals surface area contributed by atoms with E-state index in [-0.39, 0.29) is 5.75 Å². The molecule has 1 fully saturated rings. The maximum absolute atomic E-state index is 12.3. The Kier molecular flexibility index (Phi) is 5.04. The van der Waals surface area contributed by atoms with Crippen molar-refractivity contribution in [2.75, 3.05) is 32.8 Å². The molecule has 2 heterocycles. The lowest BCUT2D eigenvalue weighted by atomic mass is 10.4. The molecule has 23 heavy (non-hydrogen) atoms. The van der Waals surface area contributed by atoms with Crippen LogP contribution in [0.1, 0.15) is 5.69 Å². The predicted molar refractivity (Wildman–Crippen MR) is 84.6 cm³/mol. The second kappa shape index (κ2) is 7.20. The van der Waals surface area contributed by atoms with Crippen molar-refractivity contribution in [1.29, 1.82) is 0 Å². The van der Waals surface area contributed by atoms with Crippen LogP contribution in [0.25, 0.3) is 0 Å². The van der Waals surface area contributed by atoms with Crippen LogP contribution < -0.4 is 0 Å². The molecule has 0 aliphatic carbocycles. The predicted octanol–water partition coefficient (Wildman–Crippen LogP) is 0.584. The highest BCUT2D eigenvalue weighted by molar-refractivity contribution is 7.90. The van der Waals surface area contributed by atoms with Gasteiger partial charge in [-0.25, -0.2) is 8.42 Å². The summed E-state index contributed by atoms with van der Waals surface area (Å²) in [5.74, 6) is -0.130. The molecule has 8 heteroatoms. The van der Waals surface area contributed by atoms with E-state index in [0.29, 0.717) is 17.1 Å². The van der Waals surface area contributed by atoms with Crippen molar-refractivity contribution in [3.05, 3.63) is 42.2 Å². The van der Waals surface area contributed by atoms with E-state index >= 15 is 0 Å². The van der Waals surface area contributed by atoms with E-state index in [9.17, 15) is 8.42 Å². The average molecular weight is 336 g/mol. The Morgan fingerprint density at radius 1 is 1.09 bits per heavy atom. The van der Waals surface area contributed by atoms with Gasteiger partial charge in [-0.2, -0.15) is 0 Å². The lowest BCUT2D eigenvalue weighted by Gasteiger charge is -2.26. The summed E-state index contributed by atoms with van der Waals surface area (Å²) < 4.78 is 31.6. The molecule has 1 aromatic carbocycles. The molecule has 3 rings (SSSR count). The smallest absolute Gasteiger partial charge is 0.184 e. The van der Waals surface area contributed by atoms with Gasteiger partial charge in [-0.1, -0.05) is 23.4 Å². The van der Waals surface area contributed by atoms with Gasteiger partial charge in [0.15, 0.2) is 9.84 Å². The third kappa shape index (κ3) is 4.37. The summed E-state index contributed by atoms with van der Waals surface area (Å²) in [7, 11) is -3.38. The van der Waals surface area contributed by atoms with Crippen molar-refractivity contribution in [3.8, 4) is 0 Å². The van der Waals surface area contributed by atoms with Crippen LogP contribution in [-0.2, 0) is 26.9 Å². The molecule has 1 saturated heterocycles. The highest BCUT2D eigenvalue weighted by atomic mass is 32.2. The van der Waals surface area contributed by atoms with Gasteiger partial charge in [0.05, 0.1) is 30.3 Å².